The van der Waals surface area contributed by atoms with E-state index in [1.54, 1.807) is 11.3 Å². The van der Waals surface area contributed by atoms with Gasteiger partial charge in [-0.2, -0.15) is 5.10 Å². The Morgan fingerprint density at radius 1 is 1.19 bits per heavy atom. The standard InChI is InChI=1S/C16H18N4S/c1-3-17-11-14-15(12-7-5-4-6-8-12)18-16(21-14)13-9-10-20(2)19-13/h4-10,17H,3,11H2,1-2H3. The zero-order valence-electron chi connectivity index (χ0n) is 12.2. The van der Waals surface area contributed by atoms with Crippen LogP contribution in [0.25, 0.3) is 22.0 Å². The quantitative estimate of drug-likeness (QED) is 0.786. The van der Waals surface area contributed by atoms with E-state index in [1.165, 1.54) is 4.88 Å². The molecule has 0 saturated heterocycles. The lowest BCUT2D eigenvalue weighted by atomic mass is 10.1. The van der Waals surface area contributed by atoms with E-state index in [9.17, 15) is 0 Å². The number of hydrogen-bond donors (Lipinski definition) is 1. The number of thiazole rings is 1. The van der Waals surface area contributed by atoms with E-state index in [2.05, 4.69) is 29.5 Å². The number of nitrogens with zero attached hydrogens (tertiary/aromatic N) is 3. The predicted octanol–water partition coefficient (Wildman–Crippen LogP) is 3.32. The number of hydrogen-bond acceptors (Lipinski definition) is 4. The van der Waals surface area contributed by atoms with Crippen molar-refractivity contribution >= 4 is 11.3 Å². The summed E-state index contributed by atoms with van der Waals surface area (Å²) < 4.78 is 1.81. The molecule has 0 bridgehead atoms. The van der Waals surface area contributed by atoms with Crippen LogP contribution >= 0.6 is 11.3 Å². The molecular formula is C16H18N4S. The highest BCUT2D eigenvalue weighted by molar-refractivity contribution is 7.15. The highest BCUT2D eigenvalue weighted by atomic mass is 32.1. The van der Waals surface area contributed by atoms with Gasteiger partial charge < -0.3 is 5.32 Å². The average Bonchev–Trinajstić information content (AvgIpc) is 3.12. The van der Waals surface area contributed by atoms with Crippen molar-refractivity contribution in [1.29, 1.82) is 0 Å². The Balaban J connectivity index is 2.03. The second-order valence-electron chi connectivity index (χ2n) is 4.81. The van der Waals surface area contributed by atoms with E-state index in [0.29, 0.717) is 0 Å². The predicted molar refractivity (Wildman–Crippen MR) is 87.1 cm³/mol. The molecule has 0 spiro atoms. The van der Waals surface area contributed by atoms with Gasteiger partial charge in [-0.15, -0.1) is 11.3 Å². The van der Waals surface area contributed by atoms with E-state index in [4.69, 9.17) is 4.98 Å². The van der Waals surface area contributed by atoms with Crippen molar-refractivity contribution < 1.29 is 0 Å². The molecule has 0 radical (unpaired) electrons. The molecule has 0 aliphatic carbocycles. The molecule has 0 fully saturated rings. The molecule has 0 atom stereocenters. The van der Waals surface area contributed by atoms with Gasteiger partial charge in [0.15, 0.2) is 0 Å². The molecule has 4 nitrogen and oxygen atoms in total. The Morgan fingerprint density at radius 3 is 2.67 bits per heavy atom. The van der Waals surface area contributed by atoms with Crippen LogP contribution in [0.4, 0.5) is 0 Å². The topological polar surface area (TPSA) is 42.7 Å². The highest BCUT2D eigenvalue weighted by Crippen LogP contribution is 2.33. The molecule has 0 unspecified atom stereocenters. The lowest BCUT2D eigenvalue weighted by Crippen LogP contribution is -2.11. The average molecular weight is 298 g/mol. The first-order chi connectivity index (χ1) is 10.3. The van der Waals surface area contributed by atoms with Gasteiger partial charge in [0.25, 0.3) is 0 Å². The van der Waals surface area contributed by atoms with E-state index >= 15 is 0 Å². The minimum atomic E-state index is 0.839. The monoisotopic (exact) mass is 298 g/mol. The zero-order valence-corrected chi connectivity index (χ0v) is 13.0. The molecule has 2 heterocycles. The van der Waals surface area contributed by atoms with Gasteiger partial charge in [0.05, 0.1) is 5.69 Å². The summed E-state index contributed by atoms with van der Waals surface area (Å²) in [5.41, 5.74) is 3.15. The van der Waals surface area contributed by atoms with Crippen molar-refractivity contribution in [3.63, 3.8) is 0 Å². The maximum Gasteiger partial charge on any atom is 0.144 e. The maximum absolute atomic E-state index is 4.82. The van der Waals surface area contributed by atoms with Gasteiger partial charge in [0, 0.05) is 30.2 Å². The van der Waals surface area contributed by atoms with Gasteiger partial charge in [-0.3, -0.25) is 4.68 Å². The van der Waals surface area contributed by atoms with Crippen molar-refractivity contribution in [2.45, 2.75) is 13.5 Å². The summed E-state index contributed by atoms with van der Waals surface area (Å²) in [5.74, 6) is 0. The third kappa shape index (κ3) is 3.04. The highest BCUT2D eigenvalue weighted by Gasteiger charge is 2.15. The lowest BCUT2D eigenvalue weighted by Gasteiger charge is -2.02. The molecule has 108 valence electrons. The van der Waals surface area contributed by atoms with Crippen LogP contribution in [0.5, 0.6) is 0 Å². The summed E-state index contributed by atoms with van der Waals surface area (Å²) in [6, 6.07) is 12.3. The summed E-state index contributed by atoms with van der Waals surface area (Å²) in [7, 11) is 1.93. The van der Waals surface area contributed by atoms with Gasteiger partial charge in [-0.1, -0.05) is 37.3 Å². The number of benzene rings is 1. The van der Waals surface area contributed by atoms with Gasteiger partial charge >= 0.3 is 0 Å². The minimum Gasteiger partial charge on any atom is -0.312 e. The first-order valence-corrected chi connectivity index (χ1v) is 7.85. The summed E-state index contributed by atoms with van der Waals surface area (Å²) in [5, 5.41) is 8.82. The lowest BCUT2D eigenvalue weighted by molar-refractivity contribution is 0.735. The van der Waals surface area contributed by atoms with Crippen LogP contribution in [0.1, 0.15) is 11.8 Å². The zero-order chi connectivity index (χ0) is 14.7. The molecule has 21 heavy (non-hydrogen) atoms. The number of aryl methyl sites for hydroxylation is 1. The fourth-order valence-electron chi connectivity index (χ4n) is 2.17. The smallest absolute Gasteiger partial charge is 0.144 e. The van der Waals surface area contributed by atoms with Crippen LogP contribution in [0.2, 0.25) is 0 Å². The molecule has 0 aliphatic rings. The van der Waals surface area contributed by atoms with E-state index < -0.39 is 0 Å². The van der Waals surface area contributed by atoms with Crippen LogP contribution < -0.4 is 5.32 Å². The molecule has 1 aromatic carbocycles. The van der Waals surface area contributed by atoms with Crippen LogP contribution in [-0.2, 0) is 13.6 Å². The van der Waals surface area contributed by atoms with Crippen molar-refractivity contribution in [3.8, 4) is 22.0 Å². The normalized spacial score (nSPS) is 11.0. The van der Waals surface area contributed by atoms with Crippen molar-refractivity contribution in [1.82, 2.24) is 20.1 Å². The van der Waals surface area contributed by atoms with Crippen molar-refractivity contribution in [2.24, 2.45) is 7.05 Å². The van der Waals surface area contributed by atoms with Gasteiger partial charge in [0.1, 0.15) is 10.7 Å². The van der Waals surface area contributed by atoms with Crippen molar-refractivity contribution in [2.75, 3.05) is 6.54 Å². The Kier molecular flexibility index (Phi) is 4.13. The summed E-state index contributed by atoms with van der Waals surface area (Å²) in [6.45, 7) is 3.90. The van der Waals surface area contributed by atoms with E-state index in [1.807, 2.05) is 42.2 Å². The fourth-order valence-corrected chi connectivity index (χ4v) is 3.19. The molecule has 3 rings (SSSR count). The maximum atomic E-state index is 4.82. The first-order valence-electron chi connectivity index (χ1n) is 7.03. The molecular weight excluding hydrogens is 280 g/mol. The first kappa shape index (κ1) is 14.0. The molecule has 0 saturated carbocycles. The van der Waals surface area contributed by atoms with E-state index in [0.717, 1.165) is 35.0 Å². The molecule has 1 N–H and O–H groups in total. The Hall–Kier alpha value is -1.98. The summed E-state index contributed by atoms with van der Waals surface area (Å²) >= 11 is 1.71. The Morgan fingerprint density at radius 2 is 2.00 bits per heavy atom. The van der Waals surface area contributed by atoms with Gasteiger partial charge in [0.2, 0.25) is 0 Å². The Bertz CT molecular complexity index is 715. The minimum absolute atomic E-state index is 0.839. The molecule has 5 heteroatoms. The van der Waals surface area contributed by atoms with E-state index in [-0.39, 0.29) is 0 Å². The largest absolute Gasteiger partial charge is 0.312 e. The summed E-state index contributed by atoms with van der Waals surface area (Å²) in [4.78, 5) is 6.07. The van der Waals surface area contributed by atoms with Crippen LogP contribution in [0, 0.1) is 0 Å². The van der Waals surface area contributed by atoms with Crippen molar-refractivity contribution in [3.05, 3.63) is 47.5 Å². The van der Waals surface area contributed by atoms with Gasteiger partial charge in [-0.05, 0) is 12.6 Å². The van der Waals surface area contributed by atoms with Crippen LogP contribution in [0.15, 0.2) is 42.6 Å². The molecule has 2 aromatic heterocycles. The Labute approximate surface area is 128 Å². The second kappa shape index (κ2) is 6.20. The second-order valence-corrected chi connectivity index (χ2v) is 5.90. The number of aromatic nitrogens is 3. The van der Waals surface area contributed by atoms with Gasteiger partial charge in [-0.25, -0.2) is 4.98 Å². The molecule has 0 amide bonds. The molecule has 3 aromatic rings. The third-order valence-electron chi connectivity index (χ3n) is 3.21. The third-order valence-corrected chi connectivity index (χ3v) is 4.29. The fraction of sp³-hybridized carbons (Fsp3) is 0.250. The number of rotatable bonds is 5. The SMILES string of the molecule is CCNCc1sc(-c2ccn(C)n2)nc1-c1ccccc1. The van der Waals surface area contributed by atoms with Crippen LogP contribution in [-0.4, -0.2) is 21.3 Å². The number of nitrogens with one attached hydrogen (secondary N) is 1. The summed E-state index contributed by atoms with van der Waals surface area (Å²) in [6.07, 6.45) is 1.95. The van der Waals surface area contributed by atoms with Crippen LogP contribution in [0.3, 0.4) is 0 Å². The molecule has 0 aliphatic heterocycles.